The molecule has 0 saturated carbocycles. The summed E-state index contributed by atoms with van der Waals surface area (Å²) in [4.78, 5) is 26.3. The Balaban J connectivity index is 1.80. The Bertz CT molecular complexity index is 732. The van der Waals surface area contributed by atoms with Crippen molar-refractivity contribution in [2.75, 3.05) is 7.05 Å². The van der Waals surface area contributed by atoms with E-state index in [0.29, 0.717) is 12.7 Å². The number of hydrogen-bond donors (Lipinski definition) is 1. The first-order valence-corrected chi connectivity index (χ1v) is 8.38. The van der Waals surface area contributed by atoms with Crippen molar-refractivity contribution in [1.82, 2.24) is 4.90 Å². The molecule has 2 amide bonds. The molecule has 4 atom stereocenters. The van der Waals surface area contributed by atoms with Crippen molar-refractivity contribution < 1.29 is 19.3 Å². The molecule has 1 N–H and O–H groups in total. The number of benzene rings is 1. The molecule has 2 aliphatic heterocycles. The van der Waals surface area contributed by atoms with Gasteiger partial charge in [-0.25, -0.2) is 0 Å². The van der Waals surface area contributed by atoms with Gasteiger partial charge < -0.3 is 9.68 Å². The van der Waals surface area contributed by atoms with Gasteiger partial charge in [0.2, 0.25) is 11.8 Å². The average Bonchev–Trinajstić information content (AvgIpc) is 2.79. The Morgan fingerprint density at radius 1 is 1.17 bits per heavy atom. The summed E-state index contributed by atoms with van der Waals surface area (Å²) in [6, 6.07) is 9.76. The van der Waals surface area contributed by atoms with Gasteiger partial charge in [0.25, 0.3) is 0 Å². The molecular weight excluding hydrogens is 305 g/mol. The summed E-state index contributed by atoms with van der Waals surface area (Å²) in [6.45, 7) is 2.02. The molecule has 24 heavy (non-hydrogen) atoms. The summed E-state index contributed by atoms with van der Waals surface area (Å²) in [5.74, 6) is -1.02. The van der Waals surface area contributed by atoms with E-state index in [4.69, 9.17) is 4.65 Å². The van der Waals surface area contributed by atoms with Crippen LogP contribution in [0, 0.1) is 17.8 Å². The molecule has 0 bridgehead atoms. The number of amides is 2. The number of rotatable bonds is 1. The molecule has 2 heterocycles. The minimum atomic E-state index is -0.927. The van der Waals surface area contributed by atoms with Crippen LogP contribution in [-0.4, -0.2) is 35.9 Å². The van der Waals surface area contributed by atoms with Crippen LogP contribution in [0.3, 0.4) is 0 Å². The molecule has 1 aromatic carbocycles. The number of allylic oxidation sites excluding steroid dienone is 1. The Morgan fingerprint density at radius 2 is 1.88 bits per heavy atom. The van der Waals surface area contributed by atoms with Crippen LogP contribution in [0.5, 0.6) is 0 Å². The summed E-state index contributed by atoms with van der Waals surface area (Å²) in [7, 11) is 0.631. The van der Waals surface area contributed by atoms with Gasteiger partial charge in [0, 0.05) is 7.05 Å². The van der Waals surface area contributed by atoms with Crippen molar-refractivity contribution in [3.63, 3.8) is 0 Å². The smallest absolute Gasteiger partial charge is 0.427 e. The van der Waals surface area contributed by atoms with E-state index in [1.54, 1.807) is 7.05 Å². The third-order valence-electron chi connectivity index (χ3n) is 5.68. The quantitative estimate of drug-likeness (QED) is 0.486. The van der Waals surface area contributed by atoms with Crippen molar-refractivity contribution in [1.29, 1.82) is 0 Å². The summed E-state index contributed by atoms with van der Waals surface area (Å²) in [6.07, 6.45) is 0.604. The van der Waals surface area contributed by atoms with Crippen LogP contribution in [0.2, 0.25) is 6.32 Å². The fourth-order valence-electron chi connectivity index (χ4n) is 4.61. The van der Waals surface area contributed by atoms with Gasteiger partial charge in [0.05, 0.1) is 17.9 Å². The number of hydrogen-bond acceptors (Lipinski definition) is 4. The third-order valence-corrected chi connectivity index (χ3v) is 5.68. The van der Waals surface area contributed by atoms with E-state index < -0.39 is 7.12 Å². The van der Waals surface area contributed by atoms with E-state index in [0.717, 1.165) is 16.7 Å². The second-order valence-corrected chi connectivity index (χ2v) is 7.03. The molecule has 2 saturated heterocycles. The SMILES string of the molecule is CC1=C2[C@@H](c3ccccc3)OB(O)C[C@@H]2[C@@H]2C(=O)N(C)C(=O)[C@@H]2C1. The minimum absolute atomic E-state index is 0.0966. The second-order valence-electron chi connectivity index (χ2n) is 7.03. The number of carbonyl (C=O) groups excluding carboxylic acids is 2. The third kappa shape index (κ3) is 2.17. The summed E-state index contributed by atoms with van der Waals surface area (Å²) in [5.41, 5.74) is 3.15. The van der Waals surface area contributed by atoms with Crippen molar-refractivity contribution >= 4 is 18.9 Å². The lowest BCUT2D eigenvalue weighted by Gasteiger charge is -2.42. The van der Waals surface area contributed by atoms with Crippen molar-refractivity contribution in [3.05, 3.63) is 47.0 Å². The topological polar surface area (TPSA) is 66.8 Å². The lowest BCUT2D eigenvalue weighted by molar-refractivity contribution is -0.138. The van der Waals surface area contributed by atoms with Gasteiger partial charge in [-0.1, -0.05) is 35.9 Å². The minimum Gasteiger partial charge on any atom is -0.427 e. The van der Waals surface area contributed by atoms with Gasteiger partial charge >= 0.3 is 7.12 Å². The van der Waals surface area contributed by atoms with Crippen molar-refractivity contribution in [2.45, 2.75) is 25.8 Å². The molecule has 1 aromatic rings. The van der Waals surface area contributed by atoms with Crippen LogP contribution in [-0.2, 0) is 14.2 Å². The molecule has 1 aliphatic carbocycles. The number of likely N-dealkylation sites (tertiary alicyclic amines) is 1. The lowest BCUT2D eigenvalue weighted by Crippen LogP contribution is -2.43. The first kappa shape index (κ1) is 15.6. The normalized spacial score (nSPS) is 33.0. The van der Waals surface area contributed by atoms with Gasteiger partial charge in [0.1, 0.15) is 0 Å². The molecule has 124 valence electrons. The summed E-state index contributed by atoms with van der Waals surface area (Å²) >= 11 is 0. The highest BCUT2D eigenvalue weighted by Gasteiger charge is 2.56. The number of fused-ring (bicyclic) bond motifs is 3. The second kappa shape index (κ2) is 5.57. The summed E-state index contributed by atoms with van der Waals surface area (Å²) in [5, 5.41) is 10.2. The van der Waals surface area contributed by atoms with E-state index >= 15 is 0 Å². The standard InChI is InChI=1S/C18H20BNO4/c1-10-8-12-15(18(22)20(2)17(12)21)13-9-19(23)24-16(14(10)13)11-6-4-3-5-7-11/h3-7,12-13,15-16,23H,8-9H2,1-2H3/t12-,13+,15-,16-/m1/s1. The maximum atomic E-state index is 12.6. The van der Waals surface area contributed by atoms with Crippen LogP contribution in [0.25, 0.3) is 0 Å². The predicted molar refractivity (Wildman–Crippen MR) is 88.6 cm³/mol. The van der Waals surface area contributed by atoms with Gasteiger partial charge in [-0.2, -0.15) is 0 Å². The molecule has 5 nitrogen and oxygen atoms in total. The highest BCUT2D eigenvalue weighted by atomic mass is 16.5. The van der Waals surface area contributed by atoms with E-state index in [1.165, 1.54) is 4.90 Å². The predicted octanol–water partition coefficient (Wildman–Crippen LogP) is 1.81. The molecule has 6 heteroatoms. The maximum Gasteiger partial charge on any atom is 0.455 e. The number of carbonyl (C=O) groups is 2. The molecule has 0 unspecified atom stereocenters. The first-order chi connectivity index (χ1) is 11.5. The van der Waals surface area contributed by atoms with Crippen molar-refractivity contribution in [3.8, 4) is 0 Å². The Labute approximate surface area is 141 Å². The van der Waals surface area contributed by atoms with Crippen LogP contribution in [0.1, 0.15) is 25.0 Å². The zero-order valence-electron chi connectivity index (χ0n) is 13.8. The van der Waals surface area contributed by atoms with E-state index in [1.807, 2.05) is 37.3 Å². The molecule has 2 fully saturated rings. The fraction of sp³-hybridized carbons (Fsp3) is 0.444. The number of imide groups is 1. The Hall–Kier alpha value is -1.92. The van der Waals surface area contributed by atoms with E-state index in [2.05, 4.69) is 0 Å². The fourth-order valence-corrected chi connectivity index (χ4v) is 4.61. The van der Waals surface area contributed by atoms with Crippen LogP contribution in [0.15, 0.2) is 41.5 Å². The molecule has 0 radical (unpaired) electrons. The largest absolute Gasteiger partial charge is 0.455 e. The highest BCUT2D eigenvalue weighted by Crippen LogP contribution is 2.52. The van der Waals surface area contributed by atoms with Gasteiger partial charge in [0.15, 0.2) is 0 Å². The zero-order chi connectivity index (χ0) is 17.0. The molecular formula is C18H20BNO4. The molecule has 4 rings (SSSR count). The average molecular weight is 325 g/mol. The van der Waals surface area contributed by atoms with E-state index in [-0.39, 0.29) is 35.7 Å². The van der Waals surface area contributed by atoms with Gasteiger partial charge in [-0.15, -0.1) is 0 Å². The van der Waals surface area contributed by atoms with Crippen LogP contribution in [0.4, 0.5) is 0 Å². The first-order valence-electron chi connectivity index (χ1n) is 8.38. The lowest BCUT2D eigenvalue weighted by atomic mass is 9.58. The molecule has 0 aromatic heterocycles. The van der Waals surface area contributed by atoms with Crippen LogP contribution >= 0.6 is 0 Å². The molecule has 3 aliphatic rings. The Morgan fingerprint density at radius 3 is 2.58 bits per heavy atom. The van der Waals surface area contributed by atoms with Gasteiger partial charge in [-0.3, -0.25) is 14.5 Å². The number of nitrogens with zero attached hydrogens (tertiary/aromatic N) is 1. The van der Waals surface area contributed by atoms with Gasteiger partial charge in [-0.05, 0) is 36.7 Å². The van der Waals surface area contributed by atoms with E-state index in [9.17, 15) is 14.6 Å². The monoisotopic (exact) mass is 325 g/mol. The molecule has 0 spiro atoms. The van der Waals surface area contributed by atoms with Crippen molar-refractivity contribution in [2.24, 2.45) is 17.8 Å². The maximum absolute atomic E-state index is 12.6. The Kier molecular flexibility index (Phi) is 3.62. The highest BCUT2D eigenvalue weighted by molar-refractivity contribution is 6.43. The van der Waals surface area contributed by atoms with Crippen LogP contribution < -0.4 is 0 Å². The zero-order valence-corrected chi connectivity index (χ0v) is 13.8. The summed E-state index contributed by atoms with van der Waals surface area (Å²) < 4.78 is 5.84.